The van der Waals surface area contributed by atoms with Gasteiger partial charge in [-0.1, -0.05) is 0 Å². The van der Waals surface area contributed by atoms with Crippen LogP contribution in [0.3, 0.4) is 0 Å². The first-order valence-corrected chi connectivity index (χ1v) is 7.86. The first-order chi connectivity index (χ1) is 9.58. The molecule has 2 rings (SSSR count). The zero-order valence-electron chi connectivity index (χ0n) is 12.1. The largest absolute Gasteiger partial charge is 0.398 e. The molecule has 1 saturated heterocycles. The molecule has 1 aromatic rings. The molecule has 0 saturated carbocycles. The third-order valence-corrected chi connectivity index (χ3v) is 5.80. The number of hydrogen-bond donors (Lipinski definition) is 1. The molecule has 116 valence electrons. The van der Waals surface area contributed by atoms with Gasteiger partial charge in [0.05, 0.1) is 5.69 Å². The van der Waals surface area contributed by atoms with Crippen LogP contribution in [0.25, 0.3) is 0 Å². The Hall–Kier alpha value is -1.67. The molecular weight excluding hydrogens is 297 g/mol. The molecule has 1 aliphatic heterocycles. The van der Waals surface area contributed by atoms with E-state index in [1.165, 1.54) is 24.8 Å². The molecule has 0 bridgehead atoms. The van der Waals surface area contributed by atoms with Gasteiger partial charge in [-0.25, -0.2) is 12.8 Å². The molecular formula is C13H18FN3O3S. The van der Waals surface area contributed by atoms with E-state index >= 15 is 0 Å². The van der Waals surface area contributed by atoms with Crippen molar-refractivity contribution in [2.75, 3.05) is 25.9 Å². The quantitative estimate of drug-likeness (QED) is 0.812. The van der Waals surface area contributed by atoms with E-state index in [0.717, 1.165) is 16.4 Å². The number of amides is 1. The van der Waals surface area contributed by atoms with E-state index < -0.39 is 21.4 Å². The maximum Gasteiger partial charge on any atom is 0.246 e. The van der Waals surface area contributed by atoms with E-state index in [1.807, 2.05) is 0 Å². The summed E-state index contributed by atoms with van der Waals surface area (Å²) in [6, 6.07) is 3.17. The zero-order chi connectivity index (χ0) is 16.0. The highest BCUT2D eigenvalue weighted by Gasteiger charge is 2.47. The monoisotopic (exact) mass is 315 g/mol. The van der Waals surface area contributed by atoms with E-state index in [-0.39, 0.29) is 29.6 Å². The summed E-state index contributed by atoms with van der Waals surface area (Å²) >= 11 is 0. The zero-order valence-corrected chi connectivity index (χ0v) is 12.9. The summed E-state index contributed by atoms with van der Waals surface area (Å²) < 4.78 is 39.9. The second-order valence-corrected chi connectivity index (χ2v) is 7.38. The molecule has 0 unspecified atom stereocenters. The van der Waals surface area contributed by atoms with E-state index in [4.69, 9.17) is 5.73 Å². The van der Waals surface area contributed by atoms with Crippen LogP contribution < -0.4 is 5.73 Å². The van der Waals surface area contributed by atoms with Gasteiger partial charge in [0.15, 0.2) is 0 Å². The van der Waals surface area contributed by atoms with Crippen LogP contribution in [0, 0.1) is 5.82 Å². The molecule has 1 aromatic carbocycles. The van der Waals surface area contributed by atoms with E-state index in [1.54, 1.807) is 7.05 Å². The molecule has 2 N–H and O–H groups in total. The number of rotatable bonds is 2. The summed E-state index contributed by atoms with van der Waals surface area (Å²) in [5.41, 5.74) is 4.38. The fraction of sp³-hybridized carbons (Fsp3) is 0.462. The van der Waals surface area contributed by atoms with Crippen molar-refractivity contribution in [1.29, 1.82) is 0 Å². The van der Waals surface area contributed by atoms with Crippen LogP contribution in [-0.2, 0) is 14.8 Å². The van der Waals surface area contributed by atoms with Gasteiger partial charge in [0.2, 0.25) is 15.9 Å². The third-order valence-electron chi connectivity index (χ3n) is 3.68. The highest BCUT2D eigenvalue weighted by Crippen LogP contribution is 2.31. The molecule has 0 aromatic heterocycles. The van der Waals surface area contributed by atoms with Crippen LogP contribution in [0.4, 0.5) is 10.1 Å². The molecule has 0 spiro atoms. The van der Waals surface area contributed by atoms with E-state index in [0.29, 0.717) is 0 Å². The molecule has 1 aliphatic rings. The average molecular weight is 315 g/mol. The number of carbonyl (C=O) groups is 1. The fourth-order valence-corrected chi connectivity index (χ4v) is 4.33. The molecule has 21 heavy (non-hydrogen) atoms. The normalized spacial score (nSPS) is 19.8. The highest BCUT2D eigenvalue weighted by molar-refractivity contribution is 7.89. The number of nitrogens with zero attached hydrogens (tertiary/aromatic N) is 2. The van der Waals surface area contributed by atoms with Crippen LogP contribution in [-0.4, -0.2) is 49.2 Å². The van der Waals surface area contributed by atoms with Gasteiger partial charge in [0.25, 0.3) is 0 Å². The lowest BCUT2D eigenvalue weighted by Gasteiger charge is -2.43. The number of likely N-dealkylation sites (N-methyl/N-ethyl adjacent to an activating group) is 1. The molecule has 1 fully saturated rings. The fourth-order valence-electron chi connectivity index (χ4n) is 2.47. The maximum absolute atomic E-state index is 13.4. The molecule has 1 heterocycles. The number of carbonyl (C=O) groups excluding carboxylic acids is 1. The highest BCUT2D eigenvalue weighted by atomic mass is 32.2. The lowest BCUT2D eigenvalue weighted by molar-refractivity contribution is -0.142. The van der Waals surface area contributed by atoms with E-state index in [9.17, 15) is 17.6 Å². The van der Waals surface area contributed by atoms with Crippen LogP contribution in [0.1, 0.15) is 13.8 Å². The van der Waals surface area contributed by atoms with Gasteiger partial charge in [-0.15, -0.1) is 0 Å². The van der Waals surface area contributed by atoms with Crippen molar-refractivity contribution in [1.82, 2.24) is 9.21 Å². The Morgan fingerprint density at radius 1 is 1.29 bits per heavy atom. The van der Waals surface area contributed by atoms with Crippen molar-refractivity contribution in [2.24, 2.45) is 0 Å². The molecule has 8 heteroatoms. The smallest absolute Gasteiger partial charge is 0.246 e. The Morgan fingerprint density at radius 2 is 1.90 bits per heavy atom. The van der Waals surface area contributed by atoms with Gasteiger partial charge in [-0.05, 0) is 32.0 Å². The number of anilines is 1. The topological polar surface area (TPSA) is 83.7 Å². The Labute approximate surface area is 123 Å². The molecule has 0 atom stereocenters. The van der Waals surface area contributed by atoms with Crippen molar-refractivity contribution in [3.63, 3.8) is 0 Å². The van der Waals surface area contributed by atoms with Crippen LogP contribution in [0.2, 0.25) is 0 Å². The summed E-state index contributed by atoms with van der Waals surface area (Å²) in [6.45, 7) is 3.46. The van der Waals surface area contributed by atoms with Gasteiger partial charge in [-0.2, -0.15) is 4.31 Å². The predicted molar refractivity (Wildman–Crippen MR) is 76.4 cm³/mol. The first kappa shape index (κ1) is 15.7. The molecule has 0 radical (unpaired) electrons. The Balaban J connectivity index is 2.54. The number of halogens is 1. The minimum Gasteiger partial charge on any atom is -0.398 e. The second kappa shape index (κ2) is 4.96. The number of nitrogen functional groups attached to an aromatic ring is 1. The van der Waals surface area contributed by atoms with Crippen molar-refractivity contribution < 1.29 is 17.6 Å². The SMILES string of the molecule is CN1CCN(S(=O)(=O)c2cc(F)ccc2N)C(C)(C)C1=O. The standard InChI is InChI=1S/C13H18FN3O3S/c1-13(2)12(18)16(3)6-7-17(13)21(19,20)11-8-9(14)4-5-10(11)15/h4-5,8H,6-7,15H2,1-3H3. The lowest BCUT2D eigenvalue weighted by Crippen LogP contribution is -2.63. The average Bonchev–Trinajstić information content (AvgIpc) is 2.38. The number of sulfonamides is 1. The van der Waals surface area contributed by atoms with Gasteiger partial charge < -0.3 is 10.6 Å². The van der Waals surface area contributed by atoms with Crippen molar-refractivity contribution >= 4 is 21.6 Å². The van der Waals surface area contributed by atoms with Gasteiger partial charge in [-0.3, -0.25) is 4.79 Å². The lowest BCUT2D eigenvalue weighted by atomic mass is 10.0. The number of nitrogens with two attached hydrogens (primary N) is 1. The van der Waals surface area contributed by atoms with Crippen molar-refractivity contribution in [3.05, 3.63) is 24.0 Å². The summed E-state index contributed by atoms with van der Waals surface area (Å²) in [5, 5.41) is 0. The minimum absolute atomic E-state index is 0.0430. The third kappa shape index (κ3) is 2.49. The molecule has 0 aliphatic carbocycles. The predicted octanol–water partition coefficient (Wildman–Crippen LogP) is 0.649. The first-order valence-electron chi connectivity index (χ1n) is 6.42. The van der Waals surface area contributed by atoms with Crippen LogP contribution >= 0.6 is 0 Å². The molecule has 6 nitrogen and oxygen atoms in total. The number of hydrogen-bond acceptors (Lipinski definition) is 4. The summed E-state index contributed by atoms with van der Waals surface area (Å²) in [4.78, 5) is 13.4. The Morgan fingerprint density at radius 3 is 2.52 bits per heavy atom. The maximum atomic E-state index is 13.4. The molecule has 1 amide bonds. The Bertz CT molecular complexity index is 688. The summed E-state index contributed by atoms with van der Waals surface area (Å²) in [6.07, 6.45) is 0. The van der Waals surface area contributed by atoms with Gasteiger partial charge in [0, 0.05) is 20.1 Å². The second-order valence-electron chi connectivity index (χ2n) is 5.55. The van der Waals surface area contributed by atoms with Gasteiger partial charge in [0.1, 0.15) is 16.3 Å². The van der Waals surface area contributed by atoms with Crippen molar-refractivity contribution in [3.8, 4) is 0 Å². The number of piperazine rings is 1. The number of benzene rings is 1. The minimum atomic E-state index is -4.06. The van der Waals surface area contributed by atoms with Crippen molar-refractivity contribution in [2.45, 2.75) is 24.3 Å². The van der Waals surface area contributed by atoms with Gasteiger partial charge >= 0.3 is 0 Å². The summed E-state index contributed by atoms with van der Waals surface area (Å²) in [7, 11) is -2.44. The Kier molecular flexibility index (Phi) is 3.71. The van der Waals surface area contributed by atoms with Crippen LogP contribution in [0.5, 0.6) is 0 Å². The summed E-state index contributed by atoms with van der Waals surface area (Å²) in [5.74, 6) is -1.01. The van der Waals surface area contributed by atoms with E-state index in [2.05, 4.69) is 0 Å². The van der Waals surface area contributed by atoms with Crippen LogP contribution in [0.15, 0.2) is 23.1 Å².